The van der Waals surface area contributed by atoms with E-state index in [9.17, 15) is 4.79 Å². The lowest BCUT2D eigenvalue weighted by Crippen LogP contribution is -2.04. The van der Waals surface area contributed by atoms with Gasteiger partial charge in [-0.15, -0.1) is 10.2 Å². The molecule has 0 saturated carbocycles. The minimum absolute atomic E-state index is 0.0436. The summed E-state index contributed by atoms with van der Waals surface area (Å²) in [5.74, 6) is -1.07. The summed E-state index contributed by atoms with van der Waals surface area (Å²) in [5.41, 5.74) is 5.95. The largest absolute Gasteiger partial charge is 0.478 e. The second-order valence-electron chi connectivity index (χ2n) is 3.02. The molecule has 0 radical (unpaired) electrons. The van der Waals surface area contributed by atoms with Gasteiger partial charge in [-0.25, -0.2) is 9.78 Å². The van der Waals surface area contributed by atoms with Crippen LogP contribution in [0.2, 0.25) is 0 Å². The Balaban J connectivity index is 2.29. The molecule has 0 saturated heterocycles. The minimum Gasteiger partial charge on any atom is -0.478 e. The Labute approximate surface area is 115 Å². The van der Waals surface area contributed by atoms with E-state index in [0.29, 0.717) is 9.37 Å². The first kappa shape index (κ1) is 13.1. The van der Waals surface area contributed by atoms with Crippen molar-refractivity contribution in [3.8, 4) is 0 Å². The van der Waals surface area contributed by atoms with Crippen LogP contribution in [0.15, 0.2) is 26.0 Å². The van der Waals surface area contributed by atoms with E-state index in [0.717, 1.165) is 4.34 Å². The number of aromatic nitrogens is 3. The molecule has 0 bridgehead atoms. The maximum atomic E-state index is 10.9. The molecule has 3 N–H and O–H groups in total. The molecule has 0 fully saturated rings. The number of carboxylic acid groups (broad SMARTS) is 1. The smallest absolute Gasteiger partial charge is 0.337 e. The molecule has 2 aromatic heterocycles. The van der Waals surface area contributed by atoms with Crippen molar-refractivity contribution in [1.29, 1.82) is 0 Å². The van der Waals surface area contributed by atoms with Gasteiger partial charge < -0.3 is 10.8 Å². The van der Waals surface area contributed by atoms with E-state index in [1.54, 1.807) is 0 Å². The fourth-order valence-corrected chi connectivity index (χ4v) is 3.51. The second-order valence-corrected chi connectivity index (χ2v) is 6.29. The maximum Gasteiger partial charge on any atom is 0.337 e. The molecule has 0 spiro atoms. The highest BCUT2D eigenvalue weighted by Crippen LogP contribution is 2.35. The number of pyridine rings is 1. The monoisotopic (exact) mass is 300 g/mol. The molecule has 6 nitrogen and oxygen atoms in total. The zero-order chi connectivity index (χ0) is 13.1. The van der Waals surface area contributed by atoms with Gasteiger partial charge in [0, 0.05) is 6.20 Å². The number of carbonyl (C=O) groups is 1. The quantitative estimate of drug-likeness (QED) is 0.827. The fourth-order valence-electron chi connectivity index (χ4n) is 1.13. The highest BCUT2D eigenvalue weighted by Gasteiger charge is 2.15. The Hall–Kier alpha value is -1.32. The topological polar surface area (TPSA) is 102 Å². The van der Waals surface area contributed by atoms with Gasteiger partial charge in [0.25, 0.3) is 0 Å². The molecular formula is C9H8N4O2S3. The van der Waals surface area contributed by atoms with Gasteiger partial charge in [-0.1, -0.05) is 23.1 Å². The Morgan fingerprint density at radius 1 is 1.44 bits per heavy atom. The van der Waals surface area contributed by atoms with Gasteiger partial charge in [-0.2, -0.15) is 0 Å². The molecule has 0 atom stereocenters. The molecule has 0 aromatic carbocycles. The predicted molar refractivity (Wildman–Crippen MR) is 71.4 cm³/mol. The van der Waals surface area contributed by atoms with Crippen LogP contribution in [0.5, 0.6) is 0 Å². The molecule has 0 aliphatic rings. The number of hydrogen-bond donors (Lipinski definition) is 2. The van der Waals surface area contributed by atoms with E-state index in [2.05, 4.69) is 15.2 Å². The molecule has 18 heavy (non-hydrogen) atoms. The summed E-state index contributed by atoms with van der Waals surface area (Å²) in [6, 6.07) is 1.37. The van der Waals surface area contributed by atoms with Crippen LogP contribution in [-0.4, -0.2) is 32.5 Å². The first-order valence-corrected chi connectivity index (χ1v) is 7.50. The Morgan fingerprint density at radius 2 is 2.17 bits per heavy atom. The number of carboxylic acids is 1. The van der Waals surface area contributed by atoms with Crippen LogP contribution >= 0.6 is 34.9 Å². The van der Waals surface area contributed by atoms with Gasteiger partial charge in [0.05, 0.1) is 11.3 Å². The molecule has 2 aromatic rings. The molecule has 2 heterocycles. The normalized spacial score (nSPS) is 10.5. The SMILES string of the molecule is CSc1nnc(Sc2nccc(C(=O)O)c2N)s1. The third kappa shape index (κ3) is 2.74. The zero-order valence-electron chi connectivity index (χ0n) is 9.15. The summed E-state index contributed by atoms with van der Waals surface area (Å²) in [5, 5.41) is 17.3. The van der Waals surface area contributed by atoms with Crippen LogP contribution in [0, 0.1) is 0 Å². The minimum atomic E-state index is -1.07. The average Bonchev–Trinajstić information content (AvgIpc) is 2.79. The number of aromatic carboxylic acids is 1. The number of thioether (sulfide) groups is 1. The van der Waals surface area contributed by atoms with E-state index in [1.807, 2.05) is 6.26 Å². The number of anilines is 1. The maximum absolute atomic E-state index is 10.9. The zero-order valence-corrected chi connectivity index (χ0v) is 11.6. The molecule has 0 unspecified atom stereocenters. The van der Waals surface area contributed by atoms with Crippen LogP contribution in [0.4, 0.5) is 5.69 Å². The molecule has 0 aliphatic carbocycles. The number of hydrogen-bond acceptors (Lipinski definition) is 8. The lowest BCUT2D eigenvalue weighted by atomic mass is 10.2. The average molecular weight is 300 g/mol. The van der Waals surface area contributed by atoms with Gasteiger partial charge >= 0.3 is 5.97 Å². The number of nitrogens with two attached hydrogens (primary N) is 1. The first-order valence-electron chi connectivity index (χ1n) is 4.65. The Morgan fingerprint density at radius 3 is 2.78 bits per heavy atom. The van der Waals surface area contributed by atoms with Crippen LogP contribution in [0.1, 0.15) is 10.4 Å². The summed E-state index contributed by atoms with van der Waals surface area (Å²) in [7, 11) is 0. The molecule has 0 aliphatic heterocycles. The molecule has 94 valence electrons. The predicted octanol–water partition coefficient (Wildman–Crippen LogP) is 2.09. The second kappa shape index (κ2) is 5.55. The molecular weight excluding hydrogens is 292 g/mol. The van der Waals surface area contributed by atoms with Crippen LogP contribution in [0.25, 0.3) is 0 Å². The van der Waals surface area contributed by atoms with Crippen molar-refractivity contribution in [2.24, 2.45) is 0 Å². The summed E-state index contributed by atoms with van der Waals surface area (Å²) >= 11 is 4.12. The van der Waals surface area contributed by atoms with Crippen molar-refractivity contribution in [1.82, 2.24) is 15.2 Å². The highest BCUT2D eigenvalue weighted by molar-refractivity contribution is 8.03. The number of nitrogen functional groups attached to an aromatic ring is 1. The Kier molecular flexibility index (Phi) is 4.04. The Bertz CT molecular complexity index is 587. The van der Waals surface area contributed by atoms with E-state index in [1.165, 1.54) is 47.1 Å². The van der Waals surface area contributed by atoms with Crippen molar-refractivity contribution in [3.63, 3.8) is 0 Å². The van der Waals surface area contributed by atoms with Gasteiger partial charge in [0.1, 0.15) is 5.03 Å². The van der Waals surface area contributed by atoms with Gasteiger partial charge in [0.15, 0.2) is 8.68 Å². The fraction of sp³-hybridized carbons (Fsp3) is 0.111. The third-order valence-electron chi connectivity index (χ3n) is 1.93. The lowest BCUT2D eigenvalue weighted by Gasteiger charge is -2.04. The standard InChI is InChI=1S/C9H8N4O2S3/c1-16-8-12-13-9(18-8)17-6-5(10)4(7(14)15)2-3-11-6/h2-3H,10H2,1H3,(H,14,15). The van der Waals surface area contributed by atoms with Gasteiger partial charge in [0.2, 0.25) is 0 Å². The van der Waals surface area contributed by atoms with Crippen molar-refractivity contribution < 1.29 is 9.90 Å². The van der Waals surface area contributed by atoms with Crippen LogP contribution in [0.3, 0.4) is 0 Å². The summed E-state index contributed by atoms with van der Waals surface area (Å²) in [6.45, 7) is 0. The molecule has 0 amide bonds. The van der Waals surface area contributed by atoms with Gasteiger partial charge in [-0.05, 0) is 24.1 Å². The summed E-state index contributed by atoms with van der Waals surface area (Å²) in [6.07, 6.45) is 3.32. The van der Waals surface area contributed by atoms with Crippen LogP contribution in [-0.2, 0) is 0 Å². The van der Waals surface area contributed by atoms with Crippen molar-refractivity contribution >= 4 is 46.5 Å². The van der Waals surface area contributed by atoms with Crippen LogP contribution < -0.4 is 5.73 Å². The number of nitrogens with zero attached hydrogens (tertiary/aromatic N) is 3. The van der Waals surface area contributed by atoms with E-state index >= 15 is 0 Å². The lowest BCUT2D eigenvalue weighted by molar-refractivity contribution is 0.0697. The van der Waals surface area contributed by atoms with E-state index in [-0.39, 0.29) is 11.3 Å². The van der Waals surface area contributed by atoms with Crippen molar-refractivity contribution in [2.45, 2.75) is 13.7 Å². The molecule has 9 heteroatoms. The van der Waals surface area contributed by atoms with Crippen molar-refractivity contribution in [2.75, 3.05) is 12.0 Å². The highest BCUT2D eigenvalue weighted by atomic mass is 32.2. The molecule has 2 rings (SSSR count). The first-order chi connectivity index (χ1) is 8.61. The van der Waals surface area contributed by atoms with E-state index < -0.39 is 5.97 Å². The van der Waals surface area contributed by atoms with Gasteiger partial charge in [-0.3, -0.25) is 0 Å². The van der Waals surface area contributed by atoms with Crippen molar-refractivity contribution in [3.05, 3.63) is 17.8 Å². The van der Waals surface area contributed by atoms with E-state index in [4.69, 9.17) is 10.8 Å². The third-order valence-corrected chi connectivity index (χ3v) is 4.90. The summed E-state index contributed by atoms with van der Waals surface area (Å²) < 4.78 is 1.52. The number of rotatable bonds is 4. The summed E-state index contributed by atoms with van der Waals surface area (Å²) in [4.78, 5) is 15.0.